The van der Waals surface area contributed by atoms with Gasteiger partial charge in [-0.25, -0.2) is 0 Å². The van der Waals surface area contributed by atoms with Gasteiger partial charge >= 0.3 is 0 Å². The molecule has 1 aliphatic heterocycles. The molecule has 0 aromatic heterocycles. The second-order valence-corrected chi connectivity index (χ2v) is 6.28. The Balaban J connectivity index is 1.71. The minimum Gasteiger partial charge on any atom is -0.367 e. The fourth-order valence-corrected chi connectivity index (χ4v) is 3.17. The average molecular weight is 299 g/mol. The number of allylic oxidation sites excluding steroid dienone is 2. The maximum absolute atomic E-state index is 12.5. The van der Waals surface area contributed by atoms with Gasteiger partial charge in [0.25, 0.3) is 0 Å². The summed E-state index contributed by atoms with van der Waals surface area (Å²) in [6.07, 6.45) is 7.13. The second-order valence-electron chi connectivity index (χ2n) is 6.28. The van der Waals surface area contributed by atoms with Crippen LogP contribution in [0.15, 0.2) is 36.4 Å². The van der Waals surface area contributed by atoms with Gasteiger partial charge in [0.05, 0.1) is 11.4 Å². The molecule has 1 unspecified atom stereocenters. The predicted molar refractivity (Wildman–Crippen MR) is 91.3 cm³/mol. The van der Waals surface area contributed by atoms with Crippen molar-refractivity contribution in [2.24, 2.45) is 5.92 Å². The van der Waals surface area contributed by atoms with E-state index in [1.165, 1.54) is 0 Å². The van der Waals surface area contributed by atoms with Crippen molar-refractivity contribution in [1.29, 1.82) is 0 Å². The molecule has 1 aliphatic carbocycles. The Morgan fingerprint density at radius 3 is 2.64 bits per heavy atom. The van der Waals surface area contributed by atoms with E-state index < -0.39 is 0 Å². The summed E-state index contributed by atoms with van der Waals surface area (Å²) in [6, 6.07) is 8.18. The van der Waals surface area contributed by atoms with Crippen LogP contribution < -0.4 is 10.2 Å². The number of nitrogens with zero attached hydrogens (tertiary/aromatic N) is 2. The highest BCUT2D eigenvalue weighted by Crippen LogP contribution is 2.28. The van der Waals surface area contributed by atoms with Crippen LogP contribution in [0, 0.1) is 5.92 Å². The zero-order valence-corrected chi connectivity index (χ0v) is 13.3. The van der Waals surface area contributed by atoms with Crippen LogP contribution in [0.2, 0.25) is 0 Å². The van der Waals surface area contributed by atoms with Crippen LogP contribution in [0.25, 0.3) is 0 Å². The molecule has 4 heteroatoms. The number of rotatable bonds is 3. The molecule has 118 valence electrons. The molecule has 3 rings (SSSR count). The van der Waals surface area contributed by atoms with E-state index in [1.807, 2.05) is 18.2 Å². The highest BCUT2D eigenvalue weighted by molar-refractivity contribution is 5.96. The van der Waals surface area contributed by atoms with E-state index in [-0.39, 0.29) is 11.8 Å². The largest absolute Gasteiger partial charge is 0.367 e. The summed E-state index contributed by atoms with van der Waals surface area (Å²) in [6.45, 7) is 4.15. The molecule has 1 atom stereocenters. The summed E-state index contributed by atoms with van der Waals surface area (Å²) in [5.41, 5.74) is 2.10. The van der Waals surface area contributed by atoms with E-state index >= 15 is 0 Å². The third-order valence-electron chi connectivity index (χ3n) is 4.65. The van der Waals surface area contributed by atoms with E-state index in [2.05, 4.69) is 40.4 Å². The molecule has 22 heavy (non-hydrogen) atoms. The van der Waals surface area contributed by atoms with Crippen molar-refractivity contribution < 1.29 is 4.79 Å². The molecule has 1 fully saturated rings. The summed E-state index contributed by atoms with van der Waals surface area (Å²) >= 11 is 0. The molecule has 2 aliphatic rings. The first kappa shape index (κ1) is 15.1. The molecule has 1 amide bonds. The number of carbonyl (C=O) groups excluding carboxylic acids is 1. The lowest BCUT2D eigenvalue weighted by molar-refractivity contribution is -0.120. The van der Waals surface area contributed by atoms with Crippen LogP contribution in [0.4, 0.5) is 11.4 Å². The number of piperazine rings is 1. The molecular weight excluding hydrogens is 274 g/mol. The van der Waals surface area contributed by atoms with Gasteiger partial charge in [-0.2, -0.15) is 0 Å². The molecule has 0 bridgehead atoms. The van der Waals surface area contributed by atoms with Crippen molar-refractivity contribution in [2.75, 3.05) is 43.4 Å². The highest BCUT2D eigenvalue weighted by atomic mass is 16.1. The smallest absolute Gasteiger partial charge is 0.227 e. The Morgan fingerprint density at radius 1 is 1.14 bits per heavy atom. The van der Waals surface area contributed by atoms with E-state index in [0.29, 0.717) is 0 Å². The van der Waals surface area contributed by atoms with Crippen molar-refractivity contribution in [1.82, 2.24) is 4.90 Å². The lowest BCUT2D eigenvalue weighted by Gasteiger charge is -2.35. The molecule has 0 radical (unpaired) electrons. The van der Waals surface area contributed by atoms with Gasteiger partial charge in [0, 0.05) is 32.1 Å². The van der Waals surface area contributed by atoms with Crippen LogP contribution >= 0.6 is 0 Å². The monoisotopic (exact) mass is 299 g/mol. The van der Waals surface area contributed by atoms with Crippen LogP contribution in [-0.4, -0.2) is 44.0 Å². The first-order valence-corrected chi connectivity index (χ1v) is 8.22. The molecule has 0 spiro atoms. The SMILES string of the molecule is CN1CCN(c2ccccc2NC(=O)C2CC=CCC2)CC1. The summed E-state index contributed by atoms with van der Waals surface area (Å²) in [5, 5.41) is 3.16. The van der Waals surface area contributed by atoms with Gasteiger partial charge < -0.3 is 15.1 Å². The van der Waals surface area contributed by atoms with Crippen LogP contribution in [-0.2, 0) is 4.79 Å². The number of anilines is 2. The van der Waals surface area contributed by atoms with E-state index in [1.54, 1.807) is 0 Å². The van der Waals surface area contributed by atoms with Gasteiger partial charge in [-0.15, -0.1) is 0 Å². The maximum Gasteiger partial charge on any atom is 0.227 e. The van der Waals surface area contributed by atoms with Gasteiger partial charge in [0.1, 0.15) is 0 Å². The quantitative estimate of drug-likeness (QED) is 0.872. The standard InChI is InChI=1S/C18H25N3O/c1-20-11-13-21(14-12-20)17-10-6-5-9-16(17)19-18(22)15-7-3-2-4-8-15/h2-3,5-6,9-10,15H,4,7-8,11-14H2,1H3,(H,19,22). The van der Waals surface area contributed by atoms with Crippen molar-refractivity contribution in [3.63, 3.8) is 0 Å². The van der Waals surface area contributed by atoms with Crippen LogP contribution in [0.1, 0.15) is 19.3 Å². The van der Waals surface area contributed by atoms with Gasteiger partial charge in [-0.3, -0.25) is 4.79 Å². The molecule has 1 saturated heterocycles. The van der Waals surface area contributed by atoms with Crippen LogP contribution in [0.3, 0.4) is 0 Å². The Bertz CT molecular complexity index is 547. The van der Waals surface area contributed by atoms with E-state index in [9.17, 15) is 4.79 Å². The number of hydrogen-bond acceptors (Lipinski definition) is 3. The summed E-state index contributed by atoms with van der Waals surface area (Å²) in [7, 11) is 2.15. The highest BCUT2D eigenvalue weighted by Gasteiger charge is 2.21. The molecule has 0 saturated carbocycles. The van der Waals surface area contributed by atoms with Gasteiger partial charge in [0.15, 0.2) is 0 Å². The topological polar surface area (TPSA) is 35.6 Å². The summed E-state index contributed by atoms with van der Waals surface area (Å²) < 4.78 is 0. The first-order chi connectivity index (χ1) is 10.7. The third-order valence-corrected chi connectivity index (χ3v) is 4.65. The predicted octanol–water partition coefficient (Wildman–Crippen LogP) is 2.73. The minimum absolute atomic E-state index is 0.116. The molecule has 1 aromatic carbocycles. The summed E-state index contributed by atoms with van der Waals surface area (Å²) in [5.74, 6) is 0.275. The van der Waals surface area contributed by atoms with Crippen molar-refractivity contribution in [3.8, 4) is 0 Å². The van der Waals surface area contributed by atoms with Crippen molar-refractivity contribution >= 4 is 17.3 Å². The Morgan fingerprint density at radius 2 is 1.91 bits per heavy atom. The van der Waals surface area contributed by atoms with E-state index in [0.717, 1.165) is 56.8 Å². The Hall–Kier alpha value is -1.81. The number of para-hydroxylation sites is 2. The minimum atomic E-state index is 0.116. The van der Waals surface area contributed by atoms with Gasteiger partial charge in [-0.1, -0.05) is 24.3 Å². The number of benzene rings is 1. The lowest BCUT2D eigenvalue weighted by atomic mass is 9.93. The van der Waals surface area contributed by atoms with Crippen molar-refractivity contribution in [3.05, 3.63) is 36.4 Å². The number of likely N-dealkylation sites (N-methyl/N-ethyl adjacent to an activating group) is 1. The molecule has 4 nitrogen and oxygen atoms in total. The average Bonchev–Trinajstić information content (AvgIpc) is 2.57. The molecule has 1 aromatic rings. The second kappa shape index (κ2) is 6.97. The number of nitrogens with one attached hydrogen (secondary N) is 1. The zero-order chi connectivity index (χ0) is 15.4. The van der Waals surface area contributed by atoms with Gasteiger partial charge in [-0.05, 0) is 38.4 Å². The van der Waals surface area contributed by atoms with Gasteiger partial charge in [0.2, 0.25) is 5.91 Å². The molecule has 1 N–H and O–H groups in total. The lowest BCUT2D eigenvalue weighted by Crippen LogP contribution is -2.44. The van der Waals surface area contributed by atoms with Crippen LogP contribution in [0.5, 0.6) is 0 Å². The van der Waals surface area contributed by atoms with E-state index in [4.69, 9.17) is 0 Å². The van der Waals surface area contributed by atoms with Crippen molar-refractivity contribution in [2.45, 2.75) is 19.3 Å². The third kappa shape index (κ3) is 3.50. The number of carbonyl (C=O) groups is 1. The maximum atomic E-state index is 12.5. The number of hydrogen-bond donors (Lipinski definition) is 1. The fraction of sp³-hybridized carbons (Fsp3) is 0.500. The Labute approximate surface area is 132 Å². The fourth-order valence-electron chi connectivity index (χ4n) is 3.17. The first-order valence-electron chi connectivity index (χ1n) is 8.22. The molecular formula is C18H25N3O. The number of amides is 1. The summed E-state index contributed by atoms with van der Waals surface area (Å²) in [4.78, 5) is 17.2. The normalized spacial score (nSPS) is 22.6. The Kier molecular flexibility index (Phi) is 4.78. The zero-order valence-electron chi connectivity index (χ0n) is 13.3. The molecule has 1 heterocycles.